The first-order valence-electron chi connectivity index (χ1n) is 5.12. The summed E-state index contributed by atoms with van der Waals surface area (Å²) in [6.45, 7) is 0. The highest BCUT2D eigenvalue weighted by Gasteiger charge is 2.17. The van der Waals surface area contributed by atoms with Crippen molar-refractivity contribution in [2.75, 3.05) is 0 Å². The molecule has 0 unspecified atom stereocenters. The molecule has 0 saturated heterocycles. The molecule has 2 heterocycles. The van der Waals surface area contributed by atoms with Crippen LogP contribution in [0.25, 0.3) is 16.2 Å². The average molecular weight is 296 g/mol. The Labute approximate surface area is 112 Å². The van der Waals surface area contributed by atoms with Gasteiger partial charge < -0.3 is 5.11 Å². The Hall–Kier alpha value is -1.97. The number of nitrogens with two attached hydrogens (primary N) is 1. The SMILES string of the molecule is NS(=O)(=O)c1nn2cc(-c3ccc(O)cc3)nc2s1. The van der Waals surface area contributed by atoms with Gasteiger partial charge in [0.25, 0.3) is 10.0 Å². The maximum atomic E-state index is 11.1. The molecule has 2 aromatic heterocycles. The minimum absolute atomic E-state index is 0.166. The number of phenols is 1. The number of sulfonamides is 1. The van der Waals surface area contributed by atoms with Crippen LogP contribution in [0.5, 0.6) is 5.75 Å². The number of hydrogen-bond donors (Lipinski definition) is 2. The summed E-state index contributed by atoms with van der Waals surface area (Å²) in [5.74, 6) is 0.166. The molecule has 0 bridgehead atoms. The molecule has 0 radical (unpaired) electrons. The number of nitrogens with zero attached hydrogens (tertiary/aromatic N) is 3. The predicted octanol–water partition coefficient (Wildman–Crippen LogP) is 0.811. The van der Waals surface area contributed by atoms with Crippen LogP contribution in [0.2, 0.25) is 0 Å². The van der Waals surface area contributed by atoms with Gasteiger partial charge in [0, 0.05) is 5.56 Å². The van der Waals surface area contributed by atoms with E-state index in [-0.39, 0.29) is 10.1 Å². The van der Waals surface area contributed by atoms with E-state index in [1.165, 1.54) is 4.52 Å². The molecule has 7 nitrogen and oxygen atoms in total. The van der Waals surface area contributed by atoms with Crippen LogP contribution in [-0.4, -0.2) is 28.1 Å². The summed E-state index contributed by atoms with van der Waals surface area (Å²) in [5, 5.41) is 18.1. The topological polar surface area (TPSA) is 111 Å². The van der Waals surface area contributed by atoms with Crippen LogP contribution in [0.1, 0.15) is 0 Å². The third kappa shape index (κ3) is 2.18. The summed E-state index contributed by atoms with van der Waals surface area (Å²) >= 11 is 0.901. The standard InChI is InChI=1S/C10H8N4O3S2/c11-19(16,17)10-13-14-5-8(12-9(14)18-10)6-1-3-7(15)4-2-6/h1-5,15H,(H2,11,16,17). The van der Waals surface area contributed by atoms with Crippen molar-refractivity contribution in [1.82, 2.24) is 14.6 Å². The lowest BCUT2D eigenvalue weighted by Crippen LogP contribution is -2.12. The van der Waals surface area contributed by atoms with Gasteiger partial charge in [-0.2, -0.15) is 0 Å². The summed E-state index contributed by atoms with van der Waals surface area (Å²) < 4.78 is 23.5. The van der Waals surface area contributed by atoms with E-state index in [1.54, 1.807) is 30.5 Å². The van der Waals surface area contributed by atoms with Crippen LogP contribution < -0.4 is 5.14 Å². The number of rotatable bonds is 2. The molecule has 0 spiro atoms. The Bertz CT molecular complexity index is 817. The van der Waals surface area contributed by atoms with Crippen LogP contribution in [-0.2, 0) is 10.0 Å². The van der Waals surface area contributed by atoms with Gasteiger partial charge in [-0.3, -0.25) is 0 Å². The quantitative estimate of drug-likeness (QED) is 0.727. The summed E-state index contributed by atoms with van der Waals surface area (Å²) in [6, 6.07) is 6.52. The number of fused-ring (bicyclic) bond motifs is 1. The molecule has 0 amide bonds. The lowest BCUT2D eigenvalue weighted by Gasteiger charge is -1.95. The molecule has 0 aliphatic rings. The maximum absolute atomic E-state index is 11.1. The fourth-order valence-electron chi connectivity index (χ4n) is 1.57. The van der Waals surface area contributed by atoms with Crippen molar-refractivity contribution >= 4 is 26.3 Å². The fraction of sp³-hybridized carbons (Fsp3) is 0. The third-order valence-electron chi connectivity index (χ3n) is 2.43. The van der Waals surface area contributed by atoms with E-state index in [9.17, 15) is 13.5 Å². The molecule has 0 fully saturated rings. The van der Waals surface area contributed by atoms with Crippen molar-refractivity contribution in [3.8, 4) is 17.0 Å². The van der Waals surface area contributed by atoms with Gasteiger partial charge in [-0.05, 0) is 24.3 Å². The van der Waals surface area contributed by atoms with E-state index < -0.39 is 10.0 Å². The van der Waals surface area contributed by atoms with Gasteiger partial charge in [0.2, 0.25) is 9.30 Å². The van der Waals surface area contributed by atoms with Crippen molar-refractivity contribution < 1.29 is 13.5 Å². The Kier molecular flexibility index (Phi) is 2.55. The van der Waals surface area contributed by atoms with Gasteiger partial charge in [0.05, 0.1) is 11.9 Å². The monoisotopic (exact) mass is 296 g/mol. The number of aromatic hydroxyl groups is 1. The zero-order valence-electron chi connectivity index (χ0n) is 9.39. The number of aromatic nitrogens is 3. The molecule has 9 heteroatoms. The van der Waals surface area contributed by atoms with E-state index in [2.05, 4.69) is 10.1 Å². The summed E-state index contributed by atoms with van der Waals surface area (Å²) in [7, 11) is -3.80. The normalized spacial score (nSPS) is 12.1. The molecular formula is C10H8N4O3S2. The van der Waals surface area contributed by atoms with Crippen LogP contribution in [0.3, 0.4) is 0 Å². The second-order valence-electron chi connectivity index (χ2n) is 3.81. The number of hydrogen-bond acceptors (Lipinski definition) is 6. The van der Waals surface area contributed by atoms with Gasteiger partial charge in [-0.15, -0.1) is 5.10 Å². The smallest absolute Gasteiger partial charge is 0.267 e. The third-order valence-corrected chi connectivity index (χ3v) is 4.66. The summed E-state index contributed by atoms with van der Waals surface area (Å²) in [4.78, 5) is 4.70. The first-order chi connectivity index (χ1) is 8.93. The summed E-state index contributed by atoms with van der Waals surface area (Å²) in [6.07, 6.45) is 1.60. The van der Waals surface area contributed by atoms with E-state index in [0.717, 1.165) is 16.9 Å². The molecular weight excluding hydrogens is 288 g/mol. The second kappa shape index (κ2) is 4.02. The minimum Gasteiger partial charge on any atom is -0.508 e. The van der Waals surface area contributed by atoms with E-state index >= 15 is 0 Å². The van der Waals surface area contributed by atoms with E-state index in [1.807, 2.05) is 0 Å². The van der Waals surface area contributed by atoms with Gasteiger partial charge in [-0.1, -0.05) is 11.3 Å². The lowest BCUT2D eigenvalue weighted by atomic mass is 10.2. The Morgan fingerprint density at radius 2 is 1.95 bits per heavy atom. The molecule has 0 aliphatic carbocycles. The highest BCUT2D eigenvalue weighted by molar-refractivity contribution is 7.91. The van der Waals surface area contributed by atoms with Gasteiger partial charge in [0.1, 0.15) is 5.75 Å². The molecule has 3 rings (SSSR count). The van der Waals surface area contributed by atoms with E-state index in [0.29, 0.717) is 10.7 Å². The maximum Gasteiger partial charge on any atom is 0.267 e. The molecule has 0 aliphatic heterocycles. The fourth-order valence-corrected chi connectivity index (χ4v) is 3.07. The predicted molar refractivity (Wildman–Crippen MR) is 69.3 cm³/mol. The van der Waals surface area contributed by atoms with Gasteiger partial charge >= 0.3 is 0 Å². The van der Waals surface area contributed by atoms with Crippen LogP contribution in [0, 0.1) is 0 Å². The van der Waals surface area contributed by atoms with Crippen molar-refractivity contribution in [1.29, 1.82) is 0 Å². The van der Waals surface area contributed by atoms with Crippen molar-refractivity contribution in [3.05, 3.63) is 30.5 Å². The van der Waals surface area contributed by atoms with Crippen LogP contribution in [0.4, 0.5) is 0 Å². The van der Waals surface area contributed by atoms with Gasteiger partial charge in [0.15, 0.2) is 0 Å². The van der Waals surface area contributed by atoms with Crippen LogP contribution >= 0.6 is 11.3 Å². The zero-order valence-corrected chi connectivity index (χ0v) is 11.0. The second-order valence-corrected chi connectivity index (χ2v) is 6.50. The molecule has 1 aromatic carbocycles. The minimum atomic E-state index is -3.80. The lowest BCUT2D eigenvalue weighted by molar-refractivity contribution is 0.475. The van der Waals surface area contributed by atoms with Crippen molar-refractivity contribution in [3.63, 3.8) is 0 Å². The van der Waals surface area contributed by atoms with Gasteiger partial charge in [-0.25, -0.2) is 23.1 Å². The molecule has 3 N–H and O–H groups in total. The number of benzene rings is 1. The first-order valence-corrected chi connectivity index (χ1v) is 7.48. The molecule has 0 saturated carbocycles. The Morgan fingerprint density at radius 3 is 2.53 bits per heavy atom. The average Bonchev–Trinajstić information content (AvgIpc) is 2.86. The molecule has 0 atom stereocenters. The largest absolute Gasteiger partial charge is 0.508 e. The number of imidazole rings is 1. The zero-order chi connectivity index (χ0) is 13.6. The number of phenolic OH excluding ortho intramolecular Hbond substituents is 1. The molecule has 19 heavy (non-hydrogen) atoms. The molecule has 3 aromatic rings. The Morgan fingerprint density at radius 1 is 1.26 bits per heavy atom. The van der Waals surface area contributed by atoms with Crippen molar-refractivity contribution in [2.24, 2.45) is 5.14 Å². The van der Waals surface area contributed by atoms with Crippen molar-refractivity contribution in [2.45, 2.75) is 4.34 Å². The molecule has 98 valence electrons. The van der Waals surface area contributed by atoms with Crippen LogP contribution in [0.15, 0.2) is 34.8 Å². The highest BCUT2D eigenvalue weighted by atomic mass is 32.2. The first kappa shape index (κ1) is 12.1. The number of primary sulfonamides is 1. The summed E-state index contributed by atoms with van der Waals surface area (Å²) in [5.41, 5.74) is 1.44. The Balaban J connectivity index is 2.08. The highest BCUT2D eigenvalue weighted by Crippen LogP contribution is 2.24. The van der Waals surface area contributed by atoms with E-state index in [4.69, 9.17) is 5.14 Å².